The molecule has 0 radical (unpaired) electrons. The molecule has 0 amide bonds. The Morgan fingerprint density at radius 2 is 2.11 bits per heavy atom. The van der Waals surface area contributed by atoms with Crippen molar-refractivity contribution >= 4 is 5.96 Å². The van der Waals surface area contributed by atoms with Crippen LogP contribution < -0.4 is 5.32 Å². The van der Waals surface area contributed by atoms with E-state index in [2.05, 4.69) is 41.4 Å². The van der Waals surface area contributed by atoms with Gasteiger partial charge in [0.15, 0.2) is 5.96 Å². The molecule has 102 valence electrons. The lowest BCUT2D eigenvalue weighted by atomic mass is 10.0. The van der Waals surface area contributed by atoms with Crippen LogP contribution in [0.3, 0.4) is 0 Å². The molecule has 0 spiro atoms. The fourth-order valence-electron chi connectivity index (χ4n) is 2.62. The fraction of sp³-hybridized carbons (Fsp3) is 0.562. The number of benzene rings is 1. The third-order valence-corrected chi connectivity index (χ3v) is 3.96. The van der Waals surface area contributed by atoms with E-state index in [4.69, 9.17) is 4.99 Å². The smallest absolute Gasteiger partial charge is 0.194 e. The topological polar surface area (TPSA) is 27.6 Å². The first-order chi connectivity index (χ1) is 9.36. The molecule has 3 nitrogen and oxygen atoms in total. The summed E-state index contributed by atoms with van der Waals surface area (Å²) in [6.07, 6.45) is 3.86. The third kappa shape index (κ3) is 3.09. The van der Waals surface area contributed by atoms with Crippen molar-refractivity contribution in [3.63, 3.8) is 0 Å². The Kier molecular flexibility index (Phi) is 3.72. The molecular formula is C16H23N3. The van der Waals surface area contributed by atoms with Crippen molar-refractivity contribution < 1.29 is 0 Å². The van der Waals surface area contributed by atoms with Crippen LogP contribution in [0.4, 0.5) is 0 Å². The van der Waals surface area contributed by atoms with E-state index in [-0.39, 0.29) is 0 Å². The molecule has 2 aliphatic rings. The zero-order chi connectivity index (χ0) is 13.1. The predicted molar refractivity (Wildman–Crippen MR) is 79.3 cm³/mol. The van der Waals surface area contributed by atoms with Crippen LogP contribution in [0.2, 0.25) is 0 Å². The Labute approximate surface area is 115 Å². The lowest BCUT2D eigenvalue weighted by Gasteiger charge is -2.31. The van der Waals surface area contributed by atoms with Gasteiger partial charge in [0, 0.05) is 26.2 Å². The highest BCUT2D eigenvalue weighted by Crippen LogP contribution is 2.29. The molecule has 1 aliphatic carbocycles. The summed E-state index contributed by atoms with van der Waals surface area (Å²) in [7, 11) is 0. The number of hydrogen-bond donors (Lipinski definition) is 1. The van der Waals surface area contributed by atoms with Crippen molar-refractivity contribution in [1.29, 1.82) is 0 Å². The number of nitrogens with zero attached hydrogens (tertiary/aromatic N) is 2. The summed E-state index contributed by atoms with van der Waals surface area (Å²) < 4.78 is 0. The molecule has 0 aromatic heterocycles. The Bertz CT molecular complexity index is 463. The zero-order valence-corrected chi connectivity index (χ0v) is 11.7. The summed E-state index contributed by atoms with van der Waals surface area (Å²) in [6, 6.07) is 8.77. The molecule has 0 bridgehead atoms. The van der Waals surface area contributed by atoms with Gasteiger partial charge in [-0.05, 0) is 43.2 Å². The fourth-order valence-corrected chi connectivity index (χ4v) is 2.62. The van der Waals surface area contributed by atoms with Gasteiger partial charge in [0.25, 0.3) is 0 Å². The number of guanidine groups is 1. The van der Waals surface area contributed by atoms with Crippen molar-refractivity contribution in [1.82, 2.24) is 10.2 Å². The first kappa shape index (κ1) is 12.5. The second-order valence-electron chi connectivity index (χ2n) is 5.58. The Morgan fingerprint density at radius 1 is 1.32 bits per heavy atom. The van der Waals surface area contributed by atoms with Crippen LogP contribution in [0.1, 0.15) is 30.9 Å². The lowest BCUT2D eigenvalue weighted by Crippen LogP contribution is -2.44. The number of aliphatic imine (C=N–C) groups is 1. The summed E-state index contributed by atoms with van der Waals surface area (Å²) in [4.78, 5) is 7.20. The van der Waals surface area contributed by atoms with Gasteiger partial charge in [-0.15, -0.1) is 0 Å². The van der Waals surface area contributed by atoms with Gasteiger partial charge in [-0.2, -0.15) is 0 Å². The van der Waals surface area contributed by atoms with Crippen LogP contribution in [0.15, 0.2) is 29.3 Å². The molecule has 1 heterocycles. The first-order valence-electron chi connectivity index (χ1n) is 7.47. The predicted octanol–water partition coefficient (Wildman–Crippen LogP) is 2.42. The first-order valence-corrected chi connectivity index (χ1v) is 7.47. The van der Waals surface area contributed by atoms with E-state index in [1.54, 1.807) is 0 Å². The Morgan fingerprint density at radius 3 is 2.84 bits per heavy atom. The lowest BCUT2D eigenvalue weighted by molar-refractivity contribution is 0.378. The average molecular weight is 257 g/mol. The molecular weight excluding hydrogens is 234 g/mol. The molecule has 1 N–H and O–H groups in total. The second kappa shape index (κ2) is 5.64. The van der Waals surface area contributed by atoms with Gasteiger partial charge in [-0.3, -0.25) is 4.99 Å². The Hall–Kier alpha value is -1.51. The van der Waals surface area contributed by atoms with E-state index in [1.165, 1.54) is 24.0 Å². The summed E-state index contributed by atoms with van der Waals surface area (Å²) in [6.45, 7) is 6.16. The van der Waals surface area contributed by atoms with Crippen LogP contribution in [0.5, 0.6) is 0 Å². The molecule has 1 aliphatic heterocycles. The van der Waals surface area contributed by atoms with Gasteiger partial charge >= 0.3 is 0 Å². The van der Waals surface area contributed by atoms with Gasteiger partial charge < -0.3 is 10.2 Å². The molecule has 3 rings (SSSR count). The summed E-state index contributed by atoms with van der Waals surface area (Å²) in [5, 5.41) is 3.44. The molecule has 1 saturated carbocycles. The van der Waals surface area contributed by atoms with Gasteiger partial charge in [0.05, 0.1) is 0 Å². The summed E-state index contributed by atoms with van der Waals surface area (Å²) in [5.41, 5.74) is 2.95. The largest absolute Gasteiger partial charge is 0.357 e. The maximum absolute atomic E-state index is 4.80. The quantitative estimate of drug-likeness (QED) is 0.665. The van der Waals surface area contributed by atoms with Gasteiger partial charge in [-0.25, -0.2) is 0 Å². The standard InChI is InChI=1S/C16H23N3/c1-2-17-16(18-11-13-7-8-13)19-10-9-14-5-3-4-6-15(14)12-19/h3-6,13H,2,7-12H2,1H3,(H,17,18). The van der Waals surface area contributed by atoms with Gasteiger partial charge in [0.1, 0.15) is 0 Å². The monoisotopic (exact) mass is 257 g/mol. The van der Waals surface area contributed by atoms with Crippen LogP contribution in [-0.4, -0.2) is 30.5 Å². The molecule has 1 aromatic rings. The molecule has 1 fully saturated rings. The molecule has 3 heteroatoms. The molecule has 0 saturated heterocycles. The maximum atomic E-state index is 4.80. The average Bonchev–Trinajstić information content (AvgIpc) is 3.27. The molecule has 0 unspecified atom stereocenters. The van der Waals surface area contributed by atoms with Crippen LogP contribution in [0, 0.1) is 5.92 Å². The van der Waals surface area contributed by atoms with Crippen molar-refractivity contribution in [3.8, 4) is 0 Å². The SMILES string of the molecule is CCNC(=NCC1CC1)N1CCc2ccccc2C1. The zero-order valence-electron chi connectivity index (χ0n) is 11.7. The third-order valence-electron chi connectivity index (χ3n) is 3.96. The van der Waals surface area contributed by atoms with Crippen molar-refractivity contribution in [3.05, 3.63) is 35.4 Å². The van der Waals surface area contributed by atoms with Crippen molar-refractivity contribution in [2.75, 3.05) is 19.6 Å². The number of hydrogen-bond acceptors (Lipinski definition) is 1. The minimum atomic E-state index is 0.853. The van der Waals surface area contributed by atoms with E-state index in [0.717, 1.165) is 44.5 Å². The van der Waals surface area contributed by atoms with E-state index in [0.29, 0.717) is 0 Å². The van der Waals surface area contributed by atoms with E-state index in [1.807, 2.05) is 0 Å². The van der Waals surface area contributed by atoms with E-state index in [9.17, 15) is 0 Å². The van der Waals surface area contributed by atoms with E-state index < -0.39 is 0 Å². The summed E-state index contributed by atoms with van der Waals surface area (Å²) in [5.74, 6) is 1.95. The second-order valence-corrected chi connectivity index (χ2v) is 5.58. The van der Waals surface area contributed by atoms with Gasteiger partial charge in [-0.1, -0.05) is 24.3 Å². The molecule has 0 atom stereocenters. The molecule has 1 aromatic carbocycles. The Balaban J connectivity index is 1.71. The minimum Gasteiger partial charge on any atom is -0.357 e. The minimum absolute atomic E-state index is 0.853. The van der Waals surface area contributed by atoms with Crippen LogP contribution >= 0.6 is 0 Å². The maximum Gasteiger partial charge on any atom is 0.194 e. The number of rotatable bonds is 3. The normalized spacial score (nSPS) is 19.2. The molecule has 19 heavy (non-hydrogen) atoms. The highest BCUT2D eigenvalue weighted by molar-refractivity contribution is 5.80. The van der Waals surface area contributed by atoms with Gasteiger partial charge in [0.2, 0.25) is 0 Å². The number of fused-ring (bicyclic) bond motifs is 1. The number of nitrogens with one attached hydrogen (secondary N) is 1. The summed E-state index contributed by atoms with van der Waals surface area (Å²) >= 11 is 0. The highest BCUT2D eigenvalue weighted by atomic mass is 15.3. The van der Waals surface area contributed by atoms with Crippen LogP contribution in [0.25, 0.3) is 0 Å². The van der Waals surface area contributed by atoms with E-state index >= 15 is 0 Å². The van der Waals surface area contributed by atoms with Crippen molar-refractivity contribution in [2.24, 2.45) is 10.9 Å². The van der Waals surface area contributed by atoms with Crippen molar-refractivity contribution in [2.45, 2.75) is 32.7 Å². The highest BCUT2D eigenvalue weighted by Gasteiger charge is 2.22. The van der Waals surface area contributed by atoms with Crippen LogP contribution in [-0.2, 0) is 13.0 Å².